The minimum absolute atomic E-state index is 0.160. The Bertz CT molecular complexity index is 598. The number of hydrogen-bond acceptors (Lipinski definition) is 7. The van der Waals surface area contributed by atoms with Crippen LogP contribution in [0.5, 0.6) is 5.75 Å². The fraction of sp³-hybridized carbons (Fsp3) is 0.385. The van der Waals surface area contributed by atoms with E-state index in [-0.39, 0.29) is 30.2 Å². The number of nitro benzene ring substituents is 1. The van der Waals surface area contributed by atoms with Gasteiger partial charge in [0.15, 0.2) is 17.6 Å². The summed E-state index contributed by atoms with van der Waals surface area (Å²) >= 11 is 0. The molecule has 0 bridgehead atoms. The van der Waals surface area contributed by atoms with E-state index in [1.165, 1.54) is 19.2 Å². The van der Waals surface area contributed by atoms with Crippen LogP contribution in [-0.4, -0.2) is 30.3 Å². The number of benzene rings is 1. The molecule has 112 valence electrons. The molecule has 0 aromatic heterocycles. The number of rotatable bonds is 5. The first-order valence-electron chi connectivity index (χ1n) is 6.29. The molecule has 0 spiro atoms. The Hall–Kier alpha value is -2.64. The minimum Gasteiger partial charge on any atom is -0.490 e. The van der Waals surface area contributed by atoms with E-state index in [2.05, 4.69) is 5.16 Å². The van der Waals surface area contributed by atoms with Crippen LogP contribution in [0.4, 0.5) is 5.69 Å². The zero-order valence-corrected chi connectivity index (χ0v) is 11.6. The molecule has 1 aliphatic rings. The highest BCUT2D eigenvalue weighted by Gasteiger charge is 2.30. The molecule has 2 rings (SSSR count). The summed E-state index contributed by atoms with van der Waals surface area (Å²) < 4.78 is 9.76. The second-order valence-corrected chi connectivity index (χ2v) is 4.25. The number of carbonyl (C=O) groups excluding carboxylic acids is 1. The van der Waals surface area contributed by atoms with E-state index < -0.39 is 17.0 Å². The lowest BCUT2D eigenvalue weighted by Gasteiger charge is -2.09. The van der Waals surface area contributed by atoms with Gasteiger partial charge >= 0.3 is 11.7 Å². The van der Waals surface area contributed by atoms with Crippen molar-refractivity contribution in [1.82, 2.24) is 0 Å². The predicted octanol–water partition coefficient (Wildman–Crippen LogP) is 1.98. The van der Waals surface area contributed by atoms with Gasteiger partial charge in [-0.05, 0) is 13.0 Å². The Morgan fingerprint density at radius 3 is 2.95 bits per heavy atom. The largest absolute Gasteiger partial charge is 0.490 e. The summed E-state index contributed by atoms with van der Waals surface area (Å²) in [7, 11) is 1.36. The predicted molar refractivity (Wildman–Crippen MR) is 72.2 cm³/mol. The Morgan fingerprint density at radius 1 is 1.57 bits per heavy atom. The second-order valence-electron chi connectivity index (χ2n) is 4.25. The van der Waals surface area contributed by atoms with Crippen LogP contribution < -0.4 is 4.74 Å². The van der Waals surface area contributed by atoms with E-state index in [1.54, 1.807) is 13.0 Å². The van der Waals surface area contributed by atoms with Gasteiger partial charge in [-0.2, -0.15) is 0 Å². The van der Waals surface area contributed by atoms with Gasteiger partial charge in [0, 0.05) is 18.1 Å². The molecular weight excluding hydrogens is 280 g/mol. The van der Waals surface area contributed by atoms with Crippen LogP contribution in [0.1, 0.15) is 25.0 Å². The van der Waals surface area contributed by atoms with Gasteiger partial charge in [0.05, 0.1) is 18.6 Å². The topological polar surface area (TPSA) is 100 Å². The van der Waals surface area contributed by atoms with Gasteiger partial charge in [0.2, 0.25) is 0 Å². The molecule has 1 aliphatic heterocycles. The normalized spacial score (nSPS) is 16.9. The number of ether oxygens (including phenoxy) is 2. The van der Waals surface area contributed by atoms with E-state index in [9.17, 15) is 14.9 Å². The summed E-state index contributed by atoms with van der Waals surface area (Å²) in [5, 5.41) is 14.7. The van der Waals surface area contributed by atoms with Crippen molar-refractivity contribution in [3.63, 3.8) is 0 Å². The van der Waals surface area contributed by atoms with Crippen LogP contribution in [0.2, 0.25) is 0 Å². The molecule has 8 nitrogen and oxygen atoms in total. The maximum Gasteiger partial charge on any atom is 0.356 e. The number of nitro groups is 1. The van der Waals surface area contributed by atoms with Gasteiger partial charge in [0.25, 0.3) is 0 Å². The molecule has 0 amide bonds. The molecule has 8 heteroatoms. The third-order valence-corrected chi connectivity index (χ3v) is 2.95. The first-order valence-corrected chi connectivity index (χ1v) is 6.29. The Labute approximate surface area is 120 Å². The molecule has 0 aliphatic carbocycles. The van der Waals surface area contributed by atoms with Gasteiger partial charge in [-0.15, -0.1) is 0 Å². The fourth-order valence-corrected chi connectivity index (χ4v) is 1.94. The number of esters is 1. The smallest absolute Gasteiger partial charge is 0.356 e. The summed E-state index contributed by atoms with van der Waals surface area (Å²) in [6.07, 6.45) is -0.337. The third-order valence-electron chi connectivity index (χ3n) is 2.95. The number of carbonyl (C=O) groups is 1. The molecule has 1 unspecified atom stereocenters. The molecule has 0 saturated carbocycles. The molecule has 1 atom stereocenters. The standard InChI is InChI=1S/C13H14N2O6/c1-3-20-13(16)9-7-12(21-14-9)8-4-5-11(19-2)10(6-8)15(17)18/h4-6,12H,3,7H2,1-2H3. The van der Waals surface area contributed by atoms with Gasteiger partial charge < -0.3 is 14.3 Å². The average molecular weight is 294 g/mol. The van der Waals surface area contributed by atoms with E-state index in [4.69, 9.17) is 14.3 Å². The van der Waals surface area contributed by atoms with E-state index in [1.807, 2.05) is 0 Å². The van der Waals surface area contributed by atoms with Crippen molar-refractivity contribution in [3.05, 3.63) is 33.9 Å². The lowest BCUT2D eigenvalue weighted by Crippen LogP contribution is -2.16. The Balaban J connectivity index is 2.16. The summed E-state index contributed by atoms with van der Waals surface area (Å²) in [5.41, 5.74) is 0.550. The third kappa shape index (κ3) is 3.10. The highest BCUT2D eigenvalue weighted by atomic mass is 16.6. The van der Waals surface area contributed by atoms with Crippen LogP contribution in [0, 0.1) is 10.1 Å². The van der Waals surface area contributed by atoms with Crippen molar-refractivity contribution in [2.75, 3.05) is 13.7 Å². The van der Waals surface area contributed by atoms with Gasteiger partial charge in [-0.25, -0.2) is 4.79 Å². The number of hydrogen-bond donors (Lipinski definition) is 0. The van der Waals surface area contributed by atoms with Gasteiger partial charge in [-0.3, -0.25) is 10.1 Å². The second kappa shape index (κ2) is 6.21. The zero-order valence-electron chi connectivity index (χ0n) is 11.6. The lowest BCUT2D eigenvalue weighted by atomic mass is 10.0. The summed E-state index contributed by atoms with van der Waals surface area (Å²) in [4.78, 5) is 27.1. The lowest BCUT2D eigenvalue weighted by molar-refractivity contribution is -0.385. The van der Waals surface area contributed by atoms with Crippen molar-refractivity contribution >= 4 is 17.4 Å². The summed E-state index contributed by atoms with van der Waals surface area (Å²) in [6.45, 7) is 1.94. The molecule has 0 saturated heterocycles. The fourth-order valence-electron chi connectivity index (χ4n) is 1.94. The highest BCUT2D eigenvalue weighted by molar-refractivity contribution is 6.36. The van der Waals surface area contributed by atoms with Crippen LogP contribution in [0.3, 0.4) is 0 Å². The van der Waals surface area contributed by atoms with Crippen molar-refractivity contribution in [1.29, 1.82) is 0 Å². The SMILES string of the molecule is CCOC(=O)C1=NOC(c2ccc(OC)c([N+](=O)[O-])c2)C1. The number of oxime groups is 1. The van der Waals surface area contributed by atoms with E-state index >= 15 is 0 Å². The first-order chi connectivity index (χ1) is 10.1. The van der Waals surface area contributed by atoms with Crippen LogP contribution in [0.15, 0.2) is 23.4 Å². The maximum absolute atomic E-state index is 11.5. The van der Waals surface area contributed by atoms with Crippen molar-refractivity contribution in [3.8, 4) is 5.75 Å². The average Bonchev–Trinajstić information content (AvgIpc) is 2.96. The quantitative estimate of drug-likeness (QED) is 0.467. The number of nitrogens with zero attached hydrogens (tertiary/aromatic N) is 2. The Morgan fingerprint density at radius 2 is 2.33 bits per heavy atom. The summed E-state index contributed by atoms with van der Waals surface area (Å²) in [5.74, 6) is -0.378. The molecule has 0 N–H and O–H groups in total. The first kappa shape index (κ1) is 14.8. The highest BCUT2D eigenvalue weighted by Crippen LogP contribution is 2.34. The van der Waals surface area contributed by atoms with Crippen LogP contribution >= 0.6 is 0 Å². The van der Waals surface area contributed by atoms with E-state index in [0.29, 0.717) is 5.56 Å². The minimum atomic E-state index is -0.547. The van der Waals surface area contributed by atoms with Gasteiger partial charge in [-0.1, -0.05) is 11.2 Å². The number of methoxy groups -OCH3 is 1. The van der Waals surface area contributed by atoms with Crippen molar-refractivity contribution < 1.29 is 24.0 Å². The summed E-state index contributed by atoms with van der Waals surface area (Å²) in [6, 6.07) is 4.48. The van der Waals surface area contributed by atoms with Crippen LogP contribution in [-0.2, 0) is 14.4 Å². The van der Waals surface area contributed by atoms with Gasteiger partial charge in [0.1, 0.15) is 0 Å². The van der Waals surface area contributed by atoms with Crippen molar-refractivity contribution in [2.24, 2.45) is 5.16 Å². The monoisotopic (exact) mass is 294 g/mol. The maximum atomic E-state index is 11.5. The molecule has 0 radical (unpaired) electrons. The van der Waals surface area contributed by atoms with Crippen LogP contribution in [0.25, 0.3) is 0 Å². The van der Waals surface area contributed by atoms with E-state index in [0.717, 1.165) is 0 Å². The molecule has 1 heterocycles. The molecule has 0 fully saturated rings. The molecular formula is C13H14N2O6. The molecule has 21 heavy (non-hydrogen) atoms. The molecule has 1 aromatic carbocycles. The van der Waals surface area contributed by atoms with Crippen molar-refractivity contribution in [2.45, 2.75) is 19.4 Å². The zero-order chi connectivity index (χ0) is 15.4. The molecule has 1 aromatic rings. The Kier molecular flexibility index (Phi) is 4.36.